The highest BCUT2D eigenvalue weighted by Gasteiger charge is 2.04. The van der Waals surface area contributed by atoms with Crippen molar-refractivity contribution in [1.82, 2.24) is 0 Å². The predicted octanol–water partition coefficient (Wildman–Crippen LogP) is 1.32. The van der Waals surface area contributed by atoms with Crippen LogP contribution in [0.25, 0.3) is 0 Å². The molecule has 0 N–H and O–H groups in total. The van der Waals surface area contributed by atoms with Gasteiger partial charge in [0.05, 0.1) is 0 Å². The van der Waals surface area contributed by atoms with Gasteiger partial charge < -0.3 is 0 Å². The lowest BCUT2D eigenvalue weighted by atomic mass is 10.1. The Morgan fingerprint density at radius 2 is 2.56 bits per heavy atom. The molecular formula is C7H9NO. The Morgan fingerprint density at radius 3 is 3.00 bits per heavy atom. The van der Waals surface area contributed by atoms with Crippen molar-refractivity contribution in [3.63, 3.8) is 0 Å². The van der Waals surface area contributed by atoms with Crippen molar-refractivity contribution in [1.29, 1.82) is 0 Å². The Balaban J connectivity index is 2.65. The lowest BCUT2D eigenvalue weighted by molar-refractivity contribution is -0.113. The van der Waals surface area contributed by atoms with Gasteiger partial charge in [-0.25, -0.2) is 0 Å². The van der Waals surface area contributed by atoms with E-state index in [1.807, 2.05) is 6.92 Å². The fraction of sp³-hybridized carbons (Fsp3) is 0.429. The number of rotatable bonds is 1. The minimum atomic E-state index is 0.168. The average Bonchev–Trinajstić information content (AvgIpc) is 1.88. The Morgan fingerprint density at radius 1 is 1.78 bits per heavy atom. The molecule has 0 fully saturated rings. The van der Waals surface area contributed by atoms with Gasteiger partial charge in [0, 0.05) is 18.3 Å². The lowest BCUT2D eigenvalue weighted by Crippen LogP contribution is -2.06. The Bertz CT molecular complexity index is 179. The summed E-state index contributed by atoms with van der Waals surface area (Å²) in [5, 5.41) is 0. The summed E-state index contributed by atoms with van der Waals surface area (Å²) in [5.41, 5.74) is 0.988. The number of allylic oxidation sites excluding steroid dienone is 1. The van der Waals surface area contributed by atoms with Crippen LogP contribution in [0.2, 0.25) is 0 Å². The van der Waals surface area contributed by atoms with E-state index in [2.05, 4.69) is 4.99 Å². The van der Waals surface area contributed by atoms with Crippen molar-refractivity contribution in [2.75, 3.05) is 0 Å². The minimum Gasteiger partial charge on any atom is -0.294 e. The lowest BCUT2D eigenvalue weighted by Gasteiger charge is -2.01. The van der Waals surface area contributed by atoms with Crippen molar-refractivity contribution in [2.24, 2.45) is 4.99 Å². The van der Waals surface area contributed by atoms with Gasteiger partial charge in [0.2, 0.25) is 0 Å². The van der Waals surface area contributed by atoms with E-state index in [1.165, 1.54) is 6.08 Å². The maximum Gasteiger partial charge on any atom is 0.162 e. The molecule has 1 aliphatic rings. The molecule has 1 rings (SSSR count). The number of carbonyl (C=O) groups is 1. The molecule has 1 aliphatic heterocycles. The number of hydrogen-bond donors (Lipinski definition) is 0. The third-order valence-corrected chi connectivity index (χ3v) is 1.30. The molecule has 0 spiro atoms. The molecule has 2 heteroatoms. The first-order chi connectivity index (χ1) is 4.33. The Kier molecular flexibility index (Phi) is 1.78. The van der Waals surface area contributed by atoms with Crippen molar-refractivity contribution in [3.05, 3.63) is 12.3 Å². The number of aliphatic imine (C=N–C) groups is 1. The second kappa shape index (κ2) is 2.58. The molecule has 9 heavy (non-hydrogen) atoms. The zero-order valence-corrected chi connectivity index (χ0v) is 5.42. The van der Waals surface area contributed by atoms with E-state index in [0.29, 0.717) is 6.42 Å². The first-order valence-corrected chi connectivity index (χ1v) is 3.08. The van der Waals surface area contributed by atoms with E-state index < -0.39 is 0 Å². The van der Waals surface area contributed by atoms with Crippen LogP contribution in [0.5, 0.6) is 0 Å². The van der Waals surface area contributed by atoms with Crippen LogP contribution in [-0.2, 0) is 4.79 Å². The summed E-state index contributed by atoms with van der Waals surface area (Å²) in [6.07, 6.45) is 4.49. The van der Waals surface area contributed by atoms with E-state index in [0.717, 1.165) is 12.1 Å². The Labute approximate surface area is 54.3 Å². The zero-order valence-electron chi connectivity index (χ0n) is 5.42. The molecule has 0 atom stereocenters. The topological polar surface area (TPSA) is 29.4 Å². The van der Waals surface area contributed by atoms with Gasteiger partial charge >= 0.3 is 0 Å². The van der Waals surface area contributed by atoms with E-state index in [-0.39, 0.29) is 5.78 Å². The van der Waals surface area contributed by atoms with E-state index >= 15 is 0 Å². The SMILES string of the molecule is CCC1=NC=CC(=O)C1. The van der Waals surface area contributed by atoms with Crippen LogP contribution in [-0.4, -0.2) is 11.5 Å². The average molecular weight is 123 g/mol. The second-order valence-corrected chi connectivity index (χ2v) is 2.01. The van der Waals surface area contributed by atoms with Crippen LogP contribution in [0.4, 0.5) is 0 Å². The standard InChI is InChI=1S/C7H9NO/c1-2-6-5-7(9)3-4-8-6/h3-4H,2,5H2,1H3. The molecule has 0 amide bonds. The molecule has 0 radical (unpaired) electrons. The highest BCUT2D eigenvalue weighted by atomic mass is 16.1. The van der Waals surface area contributed by atoms with Crippen molar-refractivity contribution < 1.29 is 4.79 Å². The first kappa shape index (κ1) is 6.20. The highest BCUT2D eigenvalue weighted by molar-refractivity contribution is 6.08. The normalized spacial score (nSPS) is 17.9. The molecule has 0 aliphatic carbocycles. The summed E-state index contributed by atoms with van der Waals surface area (Å²) in [5.74, 6) is 0.168. The Hall–Kier alpha value is -0.920. The van der Waals surface area contributed by atoms with Crippen LogP contribution in [0.3, 0.4) is 0 Å². The first-order valence-electron chi connectivity index (χ1n) is 3.08. The number of carbonyl (C=O) groups excluding carboxylic acids is 1. The molecular weight excluding hydrogens is 114 g/mol. The van der Waals surface area contributed by atoms with Crippen molar-refractivity contribution in [3.8, 4) is 0 Å². The van der Waals surface area contributed by atoms with Gasteiger partial charge in [0.1, 0.15) is 0 Å². The molecule has 2 nitrogen and oxygen atoms in total. The predicted molar refractivity (Wildman–Crippen MR) is 36.5 cm³/mol. The summed E-state index contributed by atoms with van der Waals surface area (Å²) in [6, 6.07) is 0. The van der Waals surface area contributed by atoms with Gasteiger partial charge in [-0.2, -0.15) is 0 Å². The van der Waals surface area contributed by atoms with Gasteiger partial charge in [0.15, 0.2) is 5.78 Å². The quantitative estimate of drug-likeness (QED) is 0.517. The summed E-state index contributed by atoms with van der Waals surface area (Å²) in [7, 11) is 0. The molecule has 1 heterocycles. The van der Waals surface area contributed by atoms with Gasteiger partial charge in [-0.1, -0.05) is 6.92 Å². The summed E-state index contributed by atoms with van der Waals surface area (Å²) in [6.45, 7) is 2.01. The number of ketones is 1. The summed E-state index contributed by atoms with van der Waals surface area (Å²) in [4.78, 5) is 14.7. The summed E-state index contributed by atoms with van der Waals surface area (Å²) >= 11 is 0. The fourth-order valence-electron chi connectivity index (χ4n) is 0.748. The van der Waals surface area contributed by atoms with Crippen LogP contribution >= 0.6 is 0 Å². The zero-order chi connectivity index (χ0) is 6.69. The second-order valence-electron chi connectivity index (χ2n) is 2.01. The molecule has 0 aromatic rings. The van der Waals surface area contributed by atoms with Crippen molar-refractivity contribution in [2.45, 2.75) is 19.8 Å². The number of hydrogen-bond acceptors (Lipinski definition) is 2. The fourth-order valence-corrected chi connectivity index (χ4v) is 0.748. The van der Waals surface area contributed by atoms with Gasteiger partial charge in [-0.05, 0) is 12.5 Å². The highest BCUT2D eigenvalue weighted by Crippen LogP contribution is 2.01. The maximum atomic E-state index is 10.7. The molecule has 0 bridgehead atoms. The van der Waals surface area contributed by atoms with Crippen LogP contribution < -0.4 is 0 Å². The smallest absolute Gasteiger partial charge is 0.162 e. The molecule has 48 valence electrons. The van der Waals surface area contributed by atoms with Crippen LogP contribution in [0.15, 0.2) is 17.3 Å². The summed E-state index contributed by atoms with van der Waals surface area (Å²) < 4.78 is 0. The molecule has 0 saturated heterocycles. The third kappa shape index (κ3) is 1.49. The monoisotopic (exact) mass is 123 g/mol. The maximum absolute atomic E-state index is 10.7. The van der Waals surface area contributed by atoms with Crippen LogP contribution in [0.1, 0.15) is 19.8 Å². The van der Waals surface area contributed by atoms with E-state index in [1.54, 1.807) is 6.20 Å². The van der Waals surface area contributed by atoms with Gasteiger partial charge in [-0.3, -0.25) is 9.79 Å². The minimum absolute atomic E-state index is 0.168. The van der Waals surface area contributed by atoms with Crippen molar-refractivity contribution >= 4 is 11.5 Å². The van der Waals surface area contributed by atoms with Gasteiger partial charge in [-0.15, -0.1) is 0 Å². The van der Waals surface area contributed by atoms with E-state index in [9.17, 15) is 4.79 Å². The molecule has 0 unspecified atom stereocenters. The molecule has 0 aromatic heterocycles. The molecule has 0 saturated carbocycles. The van der Waals surface area contributed by atoms with E-state index in [4.69, 9.17) is 0 Å². The van der Waals surface area contributed by atoms with Gasteiger partial charge in [0.25, 0.3) is 0 Å². The third-order valence-electron chi connectivity index (χ3n) is 1.30. The largest absolute Gasteiger partial charge is 0.294 e. The number of nitrogens with zero attached hydrogens (tertiary/aromatic N) is 1. The van der Waals surface area contributed by atoms with Crippen LogP contribution in [0, 0.1) is 0 Å². The molecule has 0 aromatic carbocycles.